The first-order valence-electron chi connectivity index (χ1n) is 9.78. The summed E-state index contributed by atoms with van der Waals surface area (Å²) in [5.41, 5.74) is 10.4. The lowest BCUT2D eigenvalue weighted by Crippen LogP contribution is -2.27. The second-order valence-electron chi connectivity index (χ2n) is 7.16. The Balaban J connectivity index is 1.60. The second kappa shape index (κ2) is 9.85. The molecule has 146 valence electrons. The lowest BCUT2D eigenvalue weighted by molar-refractivity contribution is 0.488. The van der Waals surface area contributed by atoms with Crippen LogP contribution in [-0.2, 0) is 0 Å². The third-order valence-corrected chi connectivity index (χ3v) is 4.96. The Kier molecular flexibility index (Phi) is 6.98. The minimum atomic E-state index is 0.257. The zero-order chi connectivity index (χ0) is 19.8. The minimum Gasteiger partial charge on any atom is -0.382 e. The first-order chi connectivity index (χ1) is 13.6. The molecule has 0 amide bonds. The molecule has 1 aromatic carbocycles. The van der Waals surface area contributed by atoms with Gasteiger partial charge < -0.3 is 16.4 Å². The van der Waals surface area contributed by atoms with Crippen LogP contribution in [-0.4, -0.2) is 23.1 Å². The third-order valence-electron chi connectivity index (χ3n) is 4.96. The SMILES string of the molecule is Cc1ccc([C@@H](C)CN[C@@H](CCNc2cccnc2N)c2ccccc2)cn1. The van der Waals surface area contributed by atoms with Crippen LogP contribution in [0.25, 0.3) is 0 Å². The molecule has 2 aromatic heterocycles. The van der Waals surface area contributed by atoms with Crippen molar-refractivity contribution in [2.24, 2.45) is 0 Å². The Bertz CT molecular complexity index is 848. The number of aryl methyl sites for hydroxylation is 1. The summed E-state index contributed by atoms with van der Waals surface area (Å²) in [5.74, 6) is 0.924. The normalized spacial score (nSPS) is 13.1. The van der Waals surface area contributed by atoms with E-state index in [9.17, 15) is 0 Å². The van der Waals surface area contributed by atoms with E-state index in [1.807, 2.05) is 25.3 Å². The minimum absolute atomic E-state index is 0.257. The molecule has 0 aliphatic heterocycles. The Labute approximate surface area is 167 Å². The lowest BCUT2D eigenvalue weighted by atomic mass is 10.00. The molecule has 5 nitrogen and oxygen atoms in total. The molecule has 0 aliphatic carbocycles. The maximum absolute atomic E-state index is 5.93. The number of hydrogen-bond donors (Lipinski definition) is 3. The summed E-state index contributed by atoms with van der Waals surface area (Å²) in [6.07, 6.45) is 4.62. The summed E-state index contributed by atoms with van der Waals surface area (Å²) in [7, 11) is 0. The zero-order valence-electron chi connectivity index (χ0n) is 16.6. The average Bonchev–Trinajstić information content (AvgIpc) is 2.72. The summed E-state index contributed by atoms with van der Waals surface area (Å²) < 4.78 is 0. The van der Waals surface area contributed by atoms with E-state index in [4.69, 9.17) is 5.73 Å². The summed E-state index contributed by atoms with van der Waals surface area (Å²) in [6, 6.07) is 18.9. The molecule has 0 fully saturated rings. The van der Waals surface area contributed by atoms with Gasteiger partial charge in [0.2, 0.25) is 0 Å². The van der Waals surface area contributed by atoms with Crippen LogP contribution in [0.15, 0.2) is 67.0 Å². The van der Waals surface area contributed by atoms with Gasteiger partial charge in [-0.05, 0) is 48.6 Å². The van der Waals surface area contributed by atoms with Crippen LogP contribution in [0.2, 0.25) is 0 Å². The summed E-state index contributed by atoms with van der Waals surface area (Å²) in [5, 5.41) is 7.14. The average molecular weight is 376 g/mol. The third kappa shape index (κ3) is 5.54. The van der Waals surface area contributed by atoms with Crippen molar-refractivity contribution >= 4 is 11.5 Å². The van der Waals surface area contributed by atoms with Crippen LogP contribution in [0.4, 0.5) is 11.5 Å². The molecule has 2 heterocycles. The van der Waals surface area contributed by atoms with E-state index in [-0.39, 0.29) is 6.04 Å². The topological polar surface area (TPSA) is 75.9 Å². The highest BCUT2D eigenvalue weighted by Gasteiger charge is 2.14. The molecular weight excluding hydrogens is 346 g/mol. The highest BCUT2D eigenvalue weighted by Crippen LogP contribution is 2.21. The van der Waals surface area contributed by atoms with E-state index in [1.165, 1.54) is 11.1 Å². The zero-order valence-corrected chi connectivity index (χ0v) is 16.6. The van der Waals surface area contributed by atoms with E-state index in [0.717, 1.165) is 30.9 Å². The summed E-state index contributed by atoms with van der Waals surface area (Å²) in [4.78, 5) is 8.55. The van der Waals surface area contributed by atoms with Gasteiger partial charge in [0.1, 0.15) is 5.82 Å². The number of pyridine rings is 2. The largest absolute Gasteiger partial charge is 0.382 e. The number of nitrogens with two attached hydrogens (primary N) is 1. The molecule has 5 heteroatoms. The molecule has 2 atom stereocenters. The predicted octanol–water partition coefficient (Wildman–Crippen LogP) is 4.30. The smallest absolute Gasteiger partial charge is 0.146 e. The Hall–Kier alpha value is -2.92. The van der Waals surface area contributed by atoms with Crippen LogP contribution in [0.5, 0.6) is 0 Å². The van der Waals surface area contributed by atoms with Gasteiger partial charge in [0, 0.05) is 37.2 Å². The van der Waals surface area contributed by atoms with Crippen molar-refractivity contribution in [2.75, 3.05) is 24.1 Å². The maximum Gasteiger partial charge on any atom is 0.146 e. The van der Waals surface area contributed by atoms with E-state index >= 15 is 0 Å². The van der Waals surface area contributed by atoms with Gasteiger partial charge >= 0.3 is 0 Å². The standard InChI is InChI=1S/C23H29N5/c1-17(20-11-10-18(2)27-16-20)15-28-21(19-7-4-3-5-8-19)12-14-25-22-9-6-13-26-23(22)24/h3-11,13,16-17,21,25,28H,12,14-15H2,1-2H3,(H2,24,26)/t17-,21-/m0/s1. The van der Waals surface area contributed by atoms with E-state index in [0.29, 0.717) is 11.7 Å². The van der Waals surface area contributed by atoms with Crippen LogP contribution in [0.3, 0.4) is 0 Å². The van der Waals surface area contributed by atoms with Gasteiger partial charge in [-0.1, -0.05) is 43.3 Å². The van der Waals surface area contributed by atoms with E-state index in [2.05, 4.69) is 70.0 Å². The lowest BCUT2D eigenvalue weighted by Gasteiger charge is -2.22. The van der Waals surface area contributed by atoms with Crippen molar-refractivity contribution in [3.63, 3.8) is 0 Å². The molecular formula is C23H29N5. The van der Waals surface area contributed by atoms with Gasteiger partial charge in [-0.3, -0.25) is 4.98 Å². The summed E-state index contributed by atoms with van der Waals surface area (Å²) >= 11 is 0. The van der Waals surface area contributed by atoms with Gasteiger partial charge in [-0.15, -0.1) is 0 Å². The van der Waals surface area contributed by atoms with Crippen molar-refractivity contribution in [3.05, 3.63) is 83.8 Å². The number of anilines is 2. The number of benzene rings is 1. The van der Waals surface area contributed by atoms with Crippen molar-refractivity contribution in [1.29, 1.82) is 0 Å². The Morgan fingerprint density at radius 3 is 2.50 bits per heavy atom. The molecule has 0 saturated heterocycles. The molecule has 0 saturated carbocycles. The van der Waals surface area contributed by atoms with E-state index in [1.54, 1.807) is 6.20 Å². The highest BCUT2D eigenvalue weighted by molar-refractivity contribution is 5.60. The molecule has 0 radical (unpaired) electrons. The van der Waals surface area contributed by atoms with Crippen molar-refractivity contribution in [3.8, 4) is 0 Å². The van der Waals surface area contributed by atoms with Crippen molar-refractivity contribution in [2.45, 2.75) is 32.2 Å². The molecule has 28 heavy (non-hydrogen) atoms. The number of aromatic nitrogens is 2. The number of nitrogens with zero attached hydrogens (tertiary/aromatic N) is 2. The van der Waals surface area contributed by atoms with Gasteiger partial charge in [0.05, 0.1) is 5.69 Å². The fourth-order valence-corrected chi connectivity index (χ4v) is 3.20. The molecule has 0 unspecified atom stereocenters. The van der Waals surface area contributed by atoms with Crippen LogP contribution < -0.4 is 16.4 Å². The van der Waals surface area contributed by atoms with Gasteiger partial charge in [-0.25, -0.2) is 4.98 Å². The van der Waals surface area contributed by atoms with Crippen molar-refractivity contribution in [1.82, 2.24) is 15.3 Å². The van der Waals surface area contributed by atoms with Crippen LogP contribution in [0, 0.1) is 6.92 Å². The van der Waals surface area contributed by atoms with Gasteiger partial charge in [-0.2, -0.15) is 0 Å². The number of hydrogen-bond acceptors (Lipinski definition) is 5. The number of nitrogens with one attached hydrogen (secondary N) is 2. The monoisotopic (exact) mass is 375 g/mol. The highest BCUT2D eigenvalue weighted by atomic mass is 15.0. The summed E-state index contributed by atoms with van der Waals surface area (Å²) in [6.45, 7) is 5.94. The molecule has 0 spiro atoms. The van der Waals surface area contributed by atoms with Crippen LogP contribution >= 0.6 is 0 Å². The second-order valence-corrected chi connectivity index (χ2v) is 7.16. The Morgan fingerprint density at radius 1 is 0.964 bits per heavy atom. The molecule has 4 N–H and O–H groups in total. The first kappa shape index (κ1) is 19.8. The molecule has 3 aromatic rings. The van der Waals surface area contributed by atoms with Crippen LogP contribution in [0.1, 0.15) is 42.1 Å². The van der Waals surface area contributed by atoms with E-state index < -0.39 is 0 Å². The number of nitrogen functional groups attached to an aromatic ring is 1. The maximum atomic E-state index is 5.93. The number of rotatable bonds is 9. The molecule has 0 aliphatic rings. The first-order valence-corrected chi connectivity index (χ1v) is 9.78. The fourth-order valence-electron chi connectivity index (χ4n) is 3.20. The Morgan fingerprint density at radius 2 is 1.79 bits per heavy atom. The van der Waals surface area contributed by atoms with Crippen molar-refractivity contribution < 1.29 is 0 Å². The predicted molar refractivity (Wildman–Crippen MR) is 116 cm³/mol. The molecule has 3 rings (SSSR count). The van der Waals surface area contributed by atoms with Gasteiger partial charge in [0.15, 0.2) is 0 Å². The fraction of sp³-hybridized carbons (Fsp3) is 0.304. The molecule has 0 bridgehead atoms. The quantitative estimate of drug-likeness (QED) is 0.520. The van der Waals surface area contributed by atoms with Gasteiger partial charge in [0.25, 0.3) is 0 Å².